The Morgan fingerprint density at radius 1 is 0.958 bits per heavy atom. The molecule has 0 aromatic heterocycles. The molecular formula is C35H37Cl5FN3O4. The van der Waals surface area contributed by atoms with Gasteiger partial charge in [-0.3, -0.25) is 14.5 Å². The summed E-state index contributed by atoms with van der Waals surface area (Å²) in [5, 5.41) is 0.758. The van der Waals surface area contributed by atoms with Gasteiger partial charge in [0, 0.05) is 56.1 Å². The lowest BCUT2D eigenvalue weighted by Crippen LogP contribution is -2.48. The van der Waals surface area contributed by atoms with Crippen molar-refractivity contribution >= 4 is 75.5 Å². The second kappa shape index (κ2) is 17.1. The number of amides is 2. The minimum atomic E-state index is -2.16. The molecule has 48 heavy (non-hydrogen) atoms. The van der Waals surface area contributed by atoms with E-state index in [2.05, 4.69) is 4.90 Å². The van der Waals surface area contributed by atoms with Crippen LogP contribution in [0.15, 0.2) is 66.7 Å². The predicted octanol–water partition coefficient (Wildman–Crippen LogP) is 8.45. The predicted molar refractivity (Wildman–Crippen MR) is 190 cm³/mol. The fourth-order valence-corrected chi connectivity index (χ4v) is 6.89. The summed E-state index contributed by atoms with van der Waals surface area (Å²) in [7, 11) is 0. The number of benzene rings is 3. The van der Waals surface area contributed by atoms with Gasteiger partial charge in [-0.05, 0) is 79.3 Å². The van der Waals surface area contributed by atoms with Crippen LogP contribution in [-0.2, 0) is 16.1 Å². The number of halogens is 6. The Labute approximate surface area is 305 Å². The smallest absolute Gasteiger partial charge is 0.275 e. The maximum Gasteiger partial charge on any atom is 0.275 e. The second-order valence-electron chi connectivity index (χ2n) is 12.1. The van der Waals surface area contributed by atoms with Crippen LogP contribution in [0.3, 0.4) is 0 Å². The Hall–Kier alpha value is -2.30. The number of ether oxygens (including phenoxy) is 2. The molecule has 1 aliphatic carbocycles. The van der Waals surface area contributed by atoms with Gasteiger partial charge in [0.05, 0.1) is 23.3 Å². The summed E-state index contributed by atoms with van der Waals surface area (Å²) in [6, 6.07) is 17.8. The maximum absolute atomic E-state index is 14.0. The molecule has 1 aliphatic heterocycles. The monoisotopic (exact) mass is 757 g/mol. The third-order valence-electron chi connectivity index (χ3n) is 8.72. The van der Waals surface area contributed by atoms with Crippen molar-refractivity contribution in [3.8, 4) is 5.75 Å². The molecule has 0 bridgehead atoms. The lowest BCUT2D eigenvalue weighted by Gasteiger charge is -2.40. The number of anilines is 1. The minimum Gasteiger partial charge on any atom is -0.492 e. The Kier molecular flexibility index (Phi) is 13.2. The standard InChI is InChI=1S/C35H37Cl5FN3O4/c36-31-12-7-25(20-32(31)37)23-44(34(46)35(38,39)40)28-4-1-3-24(19-28)22-43(33(45)26-8-10-27(41)11-9-26)29-5-2-6-30(21-29)48-18-15-42-13-16-47-17-14-42/h2,5-12,20-21,24,28H,1,3-4,13-19,22-23H2. The van der Waals surface area contributed by atoms with E-state index >= 15 is 0 Å². The van der Waals surface area contributed by atoms with Crippen molar-refractivity contribution in [3.05, 3.63) is 93.7 Å². The molecule has 2 aliphatic rings. The van der Waals surface area contributed by atoms with Crippen molar-refractivity contribution in [1.82, 2.24) is 9.80 Å². The summed E-state index contributed by atoms with van der Waals surface area (Å²) < 4.78 is 23.2. The fourth-order valence-electron chi connectivity index (χ4n) is 6.25. The molecular weight excluding hydrogens is 723 g/mol. The summed E-state index contributed by atoms with van der Waals surface area (Å²) in [6.07, 6.45) is 2.88. The molecule has 7 nitrogen and oxygen atoms in total. The van der Waals surface area contributed by atoms with E-state index in [4.69, 9.17) is 67.5 Å². The van der Waals surface area contributed by atoms with Crippen LogP contribution in [0, 0.1) is 11.7 Å². The average Bonchev–Trinajstić information content (AvgIpc) is 3.08. The minimum absolute atomic E-state index is 0.00137. The van der Waals surface area contributed by atoms with E-state index in [9.17, 15) is 14.0 Å². The molecule has 0 radical (unpaired) electrons. The number of morpholine rings is 1. The highest BCUT2D eigenvalue weighted by Crippen LogP contribution is 2.37. The molecule has 2 atom stereocenters. The number of nitrogens with zero attached hydrogens (tertiary/aromatic N) is 3. The molecule has 3 aromatic carbocycles. The molecule has 2 amide bonds. The SMILES string of the molecule is O=C(c1ccc(F)cc1)N(CC1CCCC(N(Cc2ccc(Cl)c(Cl)c2)C(=O)C(Cl)(Cl)Cl)C1)c1cccc(OCCN2CCOCC2)c1. The molecule has 1 saturated heterocycles. The maximum atomic E-state index is 14.0. The molecule has 2 unspecified atom stereocenters. The highest BCUT2D eigenvalue weighted by molar-refractivity contribution is 6.76. The summed E-state index contributed by atoms with van der Waals surface area (Å²) in [5.74, 6) is -0.693. The molecule has 3 aromatic rings. The van der Waals surface area contributed by atoms with E-state index < -0.39 is 15.5 Å². The molecule has 1 saturated carbocycles. The normalized spacial score (nSPS) is 18.7. The van der Waals surface area contributed by atoms with Crippen LogP contribution in [0.4, 0.5) is 10.1 Å². The van der Waals surface area contributed by atoms with Gasteiger partial charge in [0.25, 0.3) is 15.6 Å². The molecule has 0 N–H and O–H groups in total. The second-order valence-corrected chi connectivity index (χ2v) is 15.2. The van der Waals surface area contributed by atoms with E-state index in [1.807, 2.05) is 24.3 Å². The number of carbonyl (C=O) groups is 2. The van der Waals surface area contributed by atoms with Crippen LogP contribution >= 0.6 is 58.0 Å². The van der Waals surface area contributed by atoms with E-state index in [0.717, 1.165) is 38.0 Å². The summed E-state index contributed by atoms with van der Waals surface area (Å²) in [6.45, 7) is 4.93. The van der Waals surface area contributed by atoms with E-state index in [-0.39, 0.29) is 24.4 Å². The highest BCUT2D eigenvalue weighted by Gasteiger charge is 2.40. The Morgan fingerprint density at radius 3 is 2.42 bits per heavy atom. The molecule has 0 spiro atoms. The lowest BCUT2D eigenvalue weighted by molar-refractivity contribution is -0.134. The Balaban J connectivity index is 1.36. The third-order valence-corrected chi connectivity index (χ3v) is 9.95. The fraction of sp³-hybridized carbons (Fsp3) is 0.429. The van der Waals surface area contributed by atoms with Gasteiger partial charge in [0.2, 0.25) is 0 Å². The highest BCUT2D eigenvalue weighted by atomic mass is 35.6. The van der Waals surface area contributed by atoms with Crippen molar-refractivity contribution in [2.75, 3.05) is 50.9 Å². The first-order valence-electron chi connectivity index (χ1n) is 15.9. The molecule has 5 rings (SSSR count). The van der Waals surface area contributed by atoms with Crippen LogP contribution in [0.25, 0.3) is 0 Å². The van der Waals surface area contributed by atoms with Crippen molar-refractivity contribution in [2.45, 2.75) is 42.1 Å². The van der Waals surface area contributed by atoms with Crippen LogP contribution < -0.4 is 9.64 Å². The Morgan fingerprint density at radius 2 is 1.71 bits per heavy atom. The third kappa shape index (κ3) is 10.1. The summed E-state index contributed by atoms with van der Waals surface area (Å²) in [4.78, 5) is 33.1. The number of rotatable bonds is 11. The number of alkyl halides is 3. The number of hydrogen-bond acceptors (Lipinski definition) is 5. The van der Waals surface area contributed by atoms with Crippen LogP contribution in [0.1, 0.15) is 41.6 Å². The van der Waals surface area contributed by atoms with Gasteiger partial charge in [-0.2, -0.15) is 0 Å². The quantitative estimate of drug-likeness (QED) is 0.184. The van der Waals surface area contributed by atoms with Gasteiger partial charge in [0.1, 0.15) is 18.2 Å². The number of hydrogen-bond donors (Lipinski definition) is 0. The molecule has 1 heterocycles. The van der Waals surface area contributed by atoms with Crippen molar-refractivity contribution in [3.63, 3.8) is 0 Å². The zero-order valence-corrected chi connectivity index (χ0v) is 30.0. The van der Waals surface area contributed by atoms with E-state index in [0.29, 0.717) is 66.3 Å². The van der Waals surface area contributed by atoms with Gasteiger partial charge in [0.15, 0.2) is 0 Å². The number of carbonyl (C=O) groups excluding carboxylic acids is 2. The zero-order chi connectivity index (χ0) is 34.3. The van der Waals surface area contributed by atoms with E-state index in [1.165, 1.54) is 24.3 Å². The Bertz CT molecular complexity index is 1550. The van der Waals surface area contributed by atoms with Gasteiger partial charge >= 0.3 is 0 Å². The van der Waals surface area contributed by atoms with Crippen molar-refractivity contribution in [2.24, 2.45) is 5.92 Å². The van der Waals surface area contributed by atoms with Crippen molar-refractivity contribution < 1.29 is 23.5 Å². The van der Waals surface area contributed by atoms with Gasteiger partial charge < -0.3 is 19.3 Å². The first-order chi connectivity index (χ1) is 23.0. The van der Waals surface area contributed by atoms with Crippen molar-refractivity contribution in [1.29, 1.82) is 0 Å². The lowest BCUT2D eigenvalue weighted by atomic mass is 9.84. The largest absolute Gasteiger partial charge is 0.492 e. The molecule has 2 fully saturated rings. The van der Waals surface area contributed by atoms with Crippen LogP contribution in [-0.4, -0.2) is 77.4 Å². The molecule has 13 heteroatoms. The first-order valence-corrected chi connectivity index (χ1v) is 17.8. The topological polar surface area (TPSA) is 62.3 Å². The zero-order valence-electron chi connectivity index (χ0n) is 26.2. The van der Waals surface area contributed by atoms with Crippen LogP contribution in [0.5, 0.6) is 5.75 Å². The first kappa shape index (κ1) is 37.0. The average molecular weight is 760 g/mol. The van der Waals surface area contributed by atoms with Gasteiger partial charge in [-0.25, -0.2) is 4.39 Å². The van der Waals surface area contributed by atoms with Crippen LogP contribution in [0.2, 0.25) is 10.0 Å². The van der Waals surface area contributed by atoms with Gasteiger partial charge in [-0.15, -0.1) is 0 Å². The summed E-state index contributed by atoms with van der Waals surface area (Å²) in [5.41, 5.74) is 1.75. The van der Waals surface area contributed by atoms with Gasteiger partial charge in [-0.1, -0.05) is 76.6 Å². The molecule has 258 valence electrons. The van der Waals surface area contributed by atoms with E-state index in [1.54, 1.807) is 28.0 Å². The summed E-state index contributed by atoms with van der Waals surface area (Å²) >= 11 is 30.8.